The molecule has 1 aromatic heterocycles. The molecule has 128 valence electrons. The second kappa shape index (κ2) is 7.63. The number of aromatic nitrogens is 1. The minimum atomic E-state index is -0.158. The molecule has 1 N–H and O–H groups in total. The maximum absolute atomic E-state index is 12.6. The number of fused-ring (bicyclic) bond motifs is 1. The zero-order chi connectivity index (χ0) is 16.9. The van der Waals surface area contributed by atoms with Crippen LogP contribution in [-0.2, 0) is 17.7 Å². The van der Waals surface area contributed by atoms with Gasteiger partial charge < -0.3 is 19.7 Å². The Bertz CT molecular complexity index is 690. The number of anilines is 1. The van der Waals surface area contributed by atoms with Gasteiger partial charge in [0.15, 0.2) is 0 Å². The SMILES string of the molecule is COCCN(Cc1nccs1)C(=O)Nc1ccc2c(c1)CC(C)O2. The molecule has 6 nitrogen and oxygen atoms in total. The number of ether oxygens (including phenoxy) is 2. The van der Waals surface area contributed by atoms with Crippen molar-refractivity contribution in [2.75, 3.05) is 25.6 Å². The molecule has 1 aliphatic rings. The molecule has 1 aliphatic heterocycles. The molecule has 0 fully saturated rings. The topological polar surface area (TPSA) is 63.7 Å². The lowest BCUT2D eigenvalue weighted by molar-refractivity contribution is 0.153. The van der Waals surface area contributed by atoms with Gasteiger partial charge in [0.1, 0.15) is 16.9 Å². The second-order valence-corrected chi connectivity index (χ2v) is 6.70. The number of hydrogen-bond acceptors (Lipinski definition) is 5. The number of nitrogens with zero attached hydrogens (tertiary/aromatic N) is 2. The molecule has 1 aromatic carbocycles. The number of benzene rings is 1. The molecule has 1 unspecified atom stereocenters. The summed E-state index contributed by atoms with van der Waals surface area (Å²) in [7, 11) is 1.63. The summed E-state index contributed by atoms with van der Waals surface area (Å²) < 4.78 is 10.8. The summed E-state index contributed by atoms with van der Waals surface area (Å²) in [6, 6.07) is 5.60. The second-order valence-electron chi connectivity index (χ2n) is 5.73. The van der Waals surface area contributed by atoms with Crippen LogP contribution in [-0.4, -0.2) is 42.3 Å². The summed E-state index contributed by atoms with van der Waals surface area (Å²) in [5, 5.41) is 5.77. The lowest BCUT2D eigenvalue weighted by Crippen LogP contribution is -2.36. The van der Waals surface area contributed by atoms with E-state index in [-0.39, 0.29) is 12.1 Å². The van der Waals surface area contributed by atoms with Crippen molar-refractivity contribution in [3.8, 4) is 5.75 Å². The van der Waals surface area contributed by atoms with Gasteiger partial charge in [-0.15, -0.1) is 11.3 Å². The molecule has 1 atom stereocenters. The molecule has 0 bridgehead atoms. The summed E-state index contributed by atoms with van der Waals surface area (Å²) in [4.78, 5) is 18.6. The Morgan fingerprint density at radius 2 is 2.42 bits per heavy atom. The van der Waals surface area contributed by atoms with E-state index >= 15 is 0 Å². The lowest BCUT2D eigenvalue weighted by atomic mass is 10.1. The van der Waals surface area contributed by atoms with E-state index in [4.69, 9.17) is 9.47 Å². The Labute approximate surface area is 145 Å². The number of amides is 2. The van der Waals surface area contributed by atoms with E-state index in [1.807, 2.05) is 30.5 Å². The number of hydrogen-bond donors (Lipinski definition) is 1. The van der Waals surface area contributed by atoms with Crippen LogP contribution in [0.5, 0.6) is 5.75 Å². The number of carbonyl (C=O) groups is 1. The highest BCUT2D eigenvalue weighted by molar-refractivity contribution is 7.09. The highest BCUT2D eigenvalue weighted by Gasteiger charge is 2.20. The van der Waals surface area contributed by atoms with Crippen LogP contribution in [0, 0.1) is 0 Å². The Hall–Kier alpha value is -2.12. The number of urea groups is 1. The molecule has 0 aliphatic carbocycles. The van der Waals surface area contributed by atoms with Crippen LogP contribution in [0.2, 0.25) is 0 Å². The summed E-state index contributed by atoms with van der Waals surface area (Å²) in [5.74, 6) is 0.902. The molecule has 24 heavy (non-hydrogen) atoms. The average molecular weight is 347 g/mol. The molecular weight excluding hydrogens is 326 g/mol. The van der Waals surface area contributed by atoms with Crippen molar-refractivity contribution in [2.45, 2.75) is 26.0 Å². The normalized spacial score (nSPS) is 15.7. The number of nitrogens with one attached hydrogen (secondary N) is 1. The molecule has 2 amide bonds. The summed E-state index contributed by atoms with van der Waals surface area (Å²) in [6.45, 7) is 3.50. The first-order chi connectivity index (χ1) is 11.7. The third kappa shape index (κ3) is 4.04. The maximum Gasteiger partial charge on any atom is 0.322 e. The molecule has 0 spiro atoms. The van der Waals surface area contributed by atoms with Crippen LogP contribution in [0.4, 0.5) is 10.5 Å². The maximum atomic E-state index is 12.6. The van der Waals surface area contributed by atoms with Gasteiger partial charge in [-0.05, 0) is 30.7 Å². The number of thiazole rings is 1. The minimum Gasteiger partial charge on any atom is -0.490 e. The third-order valence-electron chi connectivity index (χ3n) is 3.81. The number of carbonyl (C=O) groups excluding carboxylic acids is 1. The van der Waals surface area contributed by atoms with E-state index in [0.29, 0.717) is 19.7 Å². The fourth-order valence-electron chi connectivity index (χ4n) is 2.65. The summed E-state index contributed by atoms with van der Waals surface area (Å²) in [6.07, 6.45) is 2.80. The van der Waals surface area contributed by atoms with Crippen molar-refractivity contribution in [1.29, 1.82) is 0 Å². The predicted molar refractivity (Wildman–Crippen MR) is 93.7 cm³/mol. The van der Waals surface area contributed by atoms with E-state index in [0.717, 1.165) is 28.4 Å². The van der Waals surface area contributed by atoms with Gasteiger partial charge in [0.2, 0.25) is 0 Å². The van der Waals surface area contributed by atoms with Crippen LogP contribution in [0.3, 0.4) is 0 Å². The Balaban J connectivity index is 1.67. The first kappa shape index (κ1) is 16.7. The Kier molecular flexibility index (Phi) is 5.32. The van der Waals surface area contributed by atoms with Gasteiger partial charge in [0.25, 0.3) is 0 Å². The average Bonchev–Trinajstić information content (AvgIpc) is 3.19. The fraction of sp³-hybridized carbons (Fsp3) is 0.412. The van der Waals surface area contributed by atoms with Crippen molar-refractivity contribution >= 4 is 23.1 Å². The molecule has 2 heterocycles. The van der Waals surface area contributed by atoms with Crippen LogP contribution in [0.1, 0.15) is 17.5 Å². The first-order valence-corrected chi connectivity index (χ1v) is 8.76. The van der Waals surface area contributed by atoms with E-state index in [1.54, 1.807) is 18.2 Å². The van der Waals surface area contributed by atoms with Crippen molar-refractivity contribution < 1.29 is 14.3 Å². The van der Waals surface area contributed by atoms with Gasteiger partial charge in [-0.1, -0.05) is 0 Å². The first-order valence-electron chi connectivity index (χ1n) is 7.88. The van der Waals surface area contributed by atoms with E-state index < -0.39 is 0 Å². The number of methoxy groups -OCH3 is 1. The molecule has 0 radical (unpaired) electrons. The van der Waals surface area contributed by atoms with Gasteiger partial charge in [-0.25, -0.2) is 9.78 Å². The number of rotatable bonds is 6. The van der Waals surface area contributed by atoms with Crippen LogP contribution in [0.15, 0.2) is 29.8 Å². The van der Waals surface area contributed by atoms with Crippen molar-refractivity contribution in [1.82, 2.24) is 9.88 Å². The fourth-order valence-corrected chi connectivity index (χ4v) is 3.28. The molecular formula is C17H21N3O3S. The highest BCUT2D eigenvalue weighted by Crippen LogP contribution is 2.31. The van der Waals surface area contributed by atoms with Crippen LogP contribution < -0.4 is 10.1 Å². The quantitative estimate of drug-likeness (QED) is 0.872. The largest absolute Gasteiger partial charge is 0.490 e. The van der Waals surface area contributed by atoms with Gasteiger partial charge in [-0.3, -0.25) is 0 Å². The minimum absolute atomic E-state index is 0.158. The van der Waals surface area contributed by atoms with Crippen molar-refractivity contribution in [2.24, 2.45) is 0 Å². The monoisotopic (exact) mass is 347 g/mol. The zero-order valence-corrected chi connectivity index (χ0v) is 14.6. The van der Waals surface area contributed by atoms with E-state index in [1.165, 1.54) is 11.3 Å². The van der Waals surface area contributed by atoms with E-state index in [9.17, 15) is 4.79 Å². The molecule has 0 saturated heterocycles. The van der Waals surface area contributed by atoms with Crippen LogP contribution >= 0.6 is 11.3 Å². The molecule has 7 heteroatoms. The standard InChI is InChI=1S/C17H21N3O3S/c1-12-9-13-10-14(3-4-15(13)23-12)19-17(21)20(6-7-22-2)11-16-18-5-8-24-16/h3-5,8,10,12H,6-7,9,11H2,1-2H3,(H,19,21). The zero-order valence-electron chi connectivity index (χ0n) is 13.8. The summed E-state index contributed by atoms with van der Waals surface area (Å²) >= 11 is 1.53. The predicted octanol–water partition coefficient (Wildman–Crippen LogP) is 3.15. The van der Waals surface area contributed by atoms with Crippen LogP contribution in [0.25, 0.3) is 0 Å². The van der Waals surface area contributed by atoms with Gasteiger partial charge in [0, 0.05) is 37.3 Å². The summed E-state index contributed by atoms with van der Waals surface area (Å²) in [5.41, 5.74) is 1.90. The third-order valence-corrected chi connectivity index (χ3v) is 4.57. The van der Waals surface area contributed by atoms with Gasteiger partial charge >= 0.3 is 6.03 Å². The highest BCUT2D eigenvalue weighted by atomic mass is 32.1. The van der Waals surface area contributed by atoms with Crippen molar-refractivity contribution in [3.05, 3.63) is 40.3 Å². The molecule has 3 rings (SSSR count). The lowest BCUT2D eigenvalue weighted by Gasteiger charge is -2.22. The van der Waals surface area contributed by atoms with Gasteiger partial charge in [-0.2, -0.15) is 0 Å². The van der Waals surface area contributed by atoms with E-state index in [2.05, 4.69) is 10.3 Å². The van der Waals surface area contributed by atoms with Crippen molar-refractivity contribution in [3.63, 3.8) is 0 Å². The smallest absolute Gasteiger partial charge is 0.322 e. The molecule has 2 aromatic rings. The molecule has 0 saturated carbocycles. The van der Waals surface area contributed by atoms with Gasteiger partial charge in [0.05, 0.1) is 13.2 Å². The Morgan fingerprint density at radius 3 is 3.17 bits per heavy atom. The Morgan fingerprint density at radius 1 is 1.54 bits per heavy atom.